The molecule has 1 aromatic carbocycles. The first-order valence-corrected chi connectivity index (χ1v) is 6.83. The minimum Gasteiger partial charge on any atom is -0.494 e. The highest BCUT2D eigenvalue weighted by atomic mass is 16.6. The van der Waals surface area contributed by atoms with E-state index in [4.69, 9.17) is 14.2 Å². The summed E-state index contributed by atoms with van der Waals surface area (Å²) in [5.41, 5.74) is 1.74. The normalized spacial score (nSPS) is 11.8. The Morgan fingerprint density at radius 1 is 1.35 bits per heavy atom. The Morgan fingerprint density at radius 2 is 2.10 bits per heavy atom. The molecule has 0 spiro atoms. The zero-order valence-electron chi connectivity index (χ0n) is 12.6. The zero-order valence-corrected chi connectivity index (χ0v) is 12.6. The predicted octanol–water partition coefficient (Wildman–Crippen LogP) is 3.23. The van der Waals surface area contributed by atoms with Crippen LogP contribution in [0.5, 0.6) is 5.75 Å². The lowest BCUT2D eigenvalue weighted by Crippen LogP contribution is -2.23. The fourth-order valence-corrected chi connectivity index (χ4v) is 1.83. The van der Waals surface area contributed by atoms with Gasteiger partial charge in [-0.05, 0) is 44.0 Å². The Hall–Kier alpha value is -1.75. The molecule has 0 radical (unpaired) electrons. The van der Waals surface area contributed by atoms with E-state index in [1.807, 2.05) is 26.0 Å². The number of hydrogen-bond donors (Lipinski definition) is 1. The van der Waals surface area contributed by atoms with Crippen LogP contribution in [0, 0.1) is 0 Å². The molecule has 0 saturated carbocycles. The summed E-state index contributed by atoms with van der Waals surface area (Å²) in [4.78, 5) is 11.7. The second-order valence-corrected chi connectivity index (χ2v) is 4.41. The van der Waals surface area contributed by atoms with Gasteiger partial charge in [0.05, 0.1) is 13.2 Å². The van der Waals surface area contributed by atoms with Gasteiger partial charge in [0.2, 0.25) is 0 Å². The molecule has 1 unspecified atom stereocenters. The molecule has 0 bridgehead atoms. The molecule has 0 saturated heterocycles. The molecular weight excluding hydrogens is 258 g/mol. The zero-order chi connectivity index (χ0) is 15.0. The number of rotatable bonds is 7. The summed E-state index contributed by atoms with van der Waals surface area (Å²) in [6, 6.07) is 5.55. The molecule has 0 aliphatic heterocycles. The van der Waals surface area contributed by atoms with Crippen molar-refractivity contribution in [1.29, 1.82) is 0 Å². The van der Waals surface area contributed by atoms with Crippen molar-refractivity contribution in [2.24, 2.45) is 0 Å². The number of ether oxygens (including phenoxy) is 3. The Labute approximate surface area is 120 Å². The van der Waals surface area contributed by atoms with E-state index in [9.17, 15) is 4.79 Å². The highest BCUT2D eigenvalue weighted by Gasteiger charge is 2.10. The fraction of sp³-hybridized carbons (Fsp3) is 0.533. The van der Waals surface area contributed by atoms with Gasteiger partial charge in [0.25, 0.3) is 0 Å². The van der Waals surface area contributed by atoms with Gasteiger partial charge in [-0.3, -0.25) is 5.32 Å². The molecule has 0 heterocycles. The van der Waals surface area contributed by atoms with Crippen molar-refractivity contribution in [1.82, 2.24) is 0 Å². The van der Waals surface area contributed by atoms with Crippen LogP contribution >= 0.6 is 0 Å². The summed E-state index contributed by atoms with van der Waals surface area (Å²) in [5.74, 6) is 0.849. The van der Waals surface area contributed by atoms with Crippen LogP contribution in [-0.2, 0) is 15.9 Å². The van der Waals surface area contributed by atoms with E-state index in [-0.39, 0.29) is 6.10 Å². The molecule has 0 aliphatic rings. The fourth-order valence-electron chi connectivity index (χ4n) is 1.83. The smallest absolute Gasteiger partial charge is 0.411 e. The predicted molar refractivity (Wildman–Crippen MR) is 78.4 cm³/mol. The molecule has 0 aromatic heterocycles. The molecule has 0 fully saturated rings. The first kappa shape index (κ1) is 16.3. The van der Waals surface area contributed by atoms with Gasteiger partial charge in [0.1, 0.15) is 11.9 Å². The lowest BCUT2D eigenvalue weighted by molar-refractivity contribution is 0.0564. The van der Waals surface area contributed by atoms with Crippen LogP contribution in [0.1, 0.15) is 26.3 Å². The summed E-state index contributed by atoms with van der Waals surface area (Å²) in [5, 5.41) is 2.70. The maximum absolute atomic E-state index is 11.7. The van der Waals surface area contributed by atoms with E-state index < -0.39 is 6.09 Å². The van der Waals surface area contributed by atoms with Gasteiger partial charge in [0, 0.05) is 12.8 Å². The quantitative estimate of drug-likeness (QED) is 0.833. The maximum Gasteiger partial charge on any atom is 0.411 e. The first-order chi connectivity index (χ1) is 9.60. The molecule has 20 heavy (non-hydrogen) atoms. The summed E-state index contributed by atoms with van der Waals surface area (Å²) >= 11 is 0. The Balaban J connectivity index is 2.65. The lowest BCUT2D eigenvalue weighted by Gasteiger charge is -2.14. The van der Waals surface area contributed by atoms with Gasteiger partial charge >= 0.3 is 6.09 Å². The van der Waals surface area contributed by atoms with Crippen molar-refractivity contribution in [2.45, 2.75) is 33.3 Å². The summed E-state index contributed by atoms with van der Waals surface area (Å²) in [6.45, 7) is 6.76. The van der Waals surface area contributed by atoms with E-state index in [0.29, 0.717) is 18.9 Å². The Bertz CT molecular complexity index is 434. The third-order valence-electron chi connectivity index (χ3n) is 2.70. The molecule has 1 aromatic rings. The summed E-state index contributed by atoms with van der Waals surface area (Å²) in [7, 11) is 1.57. The first-order valence-electron chi connectivity index (χ1n) is 6.83. The largest absolute Gasteiger partial charge is 0.494 e. The molecule has 1 rings (SSSR count). The average molecular weight is 281 g/mol. The monoisotopic (exact) mass is 281 g/mol. The van der Waals surface area contributed by atoms with Gasteiger partial charge < -0.3 is 14.2 Å². The summed E-state index contributed by atoms with van der Waals surface area (Å²) in [6.07, 6.45) is 0.0640. The van der Waals surface area contributed by atoms with Crippen molar-refractivity contribution < 1.29 is 19.0 Å². The highest BCUT2D eigenvalue weighted by molar-refractivity contribution is 5.85. The average Bonchev–Trinajstić information content (AvgIpc) is 2.40. The molecule has 1 atom stereocenters. The number of nitrogens with one attached hydrogen (secondary N) is 1. The number of benzene rings is 1. The SMILES string of the molecule is CCOc1ccc(NC(=O)OC(C)COC)cc1CC. The molecule has 1 N–H and O–H groups in total. The molecule has 1 amide bonds. The number of aryl methyl sites for hydroxylation is 1. The molecule has 5 nitrogen and oxygen atoms in total. The molecule has 112 valence electrons. The third-order valence-corrected chi connectivity index (χ3v) is 2.70. The van der Waals surface area contributed by atoms with Crippen LogP contribution in [0.3, 0.4) is 0 Å². The van der Waals surface area contributed by atoms with Gasteiger partial charge in [-0.15, -0.1) is 0 Å². The number of hydrogen-bond acceptors (Lipinski definition) is 4. The minimum absolute atomic E-state index is 0.284. The second-order valence-electron chi connectivity index (χ2n) is 4.41. The molecule has 0 aliphatic carbocycles. The molecular formula is C15H23NO4. The number of carbonyl (C=O) groups is 1. The summed E-state index contributed by atoms with van der Waals surface area (Å²) < 4.78 is 15.6. The van der Waals surface area contributed by atoms with Crippen LogP contribution in [0.25, 0.3) is 0 Å². The van der Waals surface area contributed by atoms with E-state index in [2.05, 4.69) is 5.32 Å². The second kappa shape index (κ2) is 8.43. The highest BCUT2D eigenvalue weighted by Crippen LogP contribution is 2.23. The van der Waals surface area contributed by atoms with E-state index in [1.165, 1.54) is 0 Å². The van der Waals surface area contributed by atoms with Crippen molar-refractivity contribution in [3.05, 3.63) is 23.8 Å². The van der Waals surface area contributed by atoms with Crippen LogP contribution in [0.4, 0.5) is 10.5 Å². The number of methoxy groups -OCH3 is 1. The minimum atomic E-state index is -0.485. The van der Waals surface area contributed by atoms with Crippen LogP contribution in [-0.4, -0.2) is 32.5 Å². The van der Waals surface area contributed by atoms with Crippen molar-refractivity contribution in [3.63, 3.8) is 0 Å². The van der Waals surface area contributed by atoms with Crippen molar-refractivity contribution in [3.8, 4) is 5.75 Å². The molecule has 5 heteroatoms. The number of anilines is 1. The number of carbonyl (C=O) groups excluding carboxylic acids is 1. The third kappa shape index (κ3) is 5.09. The van der Waals surface area contributed by atoms with E-state index >= 15 is 0 Å². The lowest BCUT2D eigenvalue weighted by atomic mass is 10.1. The topological polar surface area (TPSA) is 56.8 Å². The van der Waals surface area contributed by atoms with Gasteiger partial charge in [0.15, 0.2) is 0 Å². The van der Waals surface area contributed by atoms with Gasteiger partial charge in [-0.25, -0.2) is 4.79 Å². The Kier molecular flexibility index (Phi) is 6.87. The maximum atomic E-state index is 11.7. The van der Waals surface area contributed by atoms with Gasteiger partial charge in [-0.1, -0.05) is 6.92 Å². The van der Waals surface area contributed by atoms with Crippen LogP contribution in [0.15, 0.2) is 18.2 Å². The van der Waals surface area contributed by atoms with Gasteiger partial charge in [-0.2, -0.15) is 0 Å². The van der Waals surface area contributed by atoms with Crippen molar-refractivity contribution >= 4 is 11.8 Å². The van der Waals surface area contributed by atoms with Crippen molar-refractivity contribution in [2.75, 3.05) is 25.6 Å². The van der Waals surface area contributed by atoms with Crippen LogP contribution in [0.2, 0.25) is 0 Å². The standard InChI is InChI=1S/C15H23NO4/c1-5-12-9-13(7-8-14(12)19-6-2)16-15(17)20-11(3)10-18-4/h7-9,11H,5-6,10H2,1-4H3,(H,16,17). The van der Waals surface area contributed by atoms with E-state index in [0.717, 1.165) is 17.7 Å². The van der Waals surface area contributed by atoms with Crippen LogP contribution < -0.4 is 10.1 Å². The van der Waals surface area contributed by atoms with E-state index in [1.54, 1.807) is 20.1 Å². The Morgan fingerprint density at radius 3 is 2.70 bits per heavy atom. The number of amides is 1.